The highest BCUT2D eigenvalue weighted by Crippen LogP contribution is 2.31. The number of ether oxygens (including phenoxy) is 2. The Morgan fingerprint density at radius 1 is 1.19 bits per heavy atom. The Hall–Kier alpha value is -1.75. The van der Waals surface area contributed by atoms with Crippen LogP contribution in [0.3, 0.4) is 0 Å². The van der Waals surface area contributed by atoms with Crippen molar-refractivity contribution >= 4 is 11.6 Å². The summed E-state index contributed by atoms with van der Waals surface area (Å²) >= 11 is 5.57. The van der Waals surface area contributed by atoms with E-state index in [1.165, 1.54) is 0 Å². The lowest BCUT2D eigenvalue weighted by atomic mass is 10.2. The van der Waals surface area contributed by atoms with E-state index in [1.54, 1.807) is 32.4 Å². The molecule has 0 aliphatic rings. The predicted octanol–water partition coefficient (Wildman–Crippen LogP) is 2.41. The molecule has 6 heteroatoms. The molecule has 2 aromatic rings. The molecule has 1 heterocycles. The van der Waals surface area contributed by atoms with E-state index in [-0.39, 0.29) is 5.28 Å². The van der Waals surface area contributed by atoms with Gasteiger partial charge >= 0.3 is 0 Å². The minimum absolute atomic E-state index is 0.0739. The molecular weight excluding hydrogens is 232 g/mol. The van der Waals surface area contributed by atoms with Crippen molar-refractivity contribution in [2.24, 2.45) is 0 Å². The van der Waals surface area contributed by atoms with Gasteiger partial charge in [0.15, 0.2) is 11.5 Å². The molecule has 84 valence electrons. The van der Waals surface area contributed by atoms with E-state index in [9.17, 15) is 0 Å². The Kier molecular flexibility index (Phi) is 2.96. The topological polar surface area (TPSA) is 57.4 Å². The van der Waals surface area contributed by atoms with Crippen LogP contribution in [0.15, 0.2) is 22.7 Å². The first-order valence-corrected chi connectivity index (χ1v) is 4.84. The smallest absolute Gasteiger partial charge is 0.264 e. The minimum Gasteiger partial charge on any atom is -0.493 e. The second-order valence-electron chi connectivity index (χ2n) is 2.94. The molecule has 0 saturated carbocycles. The van der Waals surface area contributed by atoms with Gasteiger partial charge in [0.2, 0.25) is 0 Å². The van der Waals surface area contributed by atoms with Gasteiger partial charge in [-0.15, -0.1) is 0 Å². The molecule has 2 rings (SSSR count). The third-order valence-electron chi connectivity index (χ3n) is 2.03. The molecule has 0 N–H and O–H groups in total. The third kappa shape index (κ3) is 1.94. The van der Waals surface area contributed by atoms with Crippen molar-refractivity contribution in [1.29, 1.82) is 0 Å². The Bertz CT molecular complexity index is 499. The summed E-state index contributed by atoms with van der Waals surface area (Å²) in [5.74, 6) is 1.57. The van der Waals surface area contributed by atoms with Gasteiger partial charge in [-0.05, 0) is 35.0 Å². The molecule has 0 spiro atoms. The van der Waals surface area contributed by atoms with E-state index in [0.717, 1.165) is 5.56 Å². The molecule has 0 amide bonds. The fourth-order valence-electron chi connectivity index (χ4n) is 1.29. The first-order valence-electron chi connectivity index (χ1n) is 4.46. The van der Waals surface area contributed by atoms with Gasteiger partial charge in [-0.1, -0.05) is 0 Å². The summed E-state index contributed by atoms with van der Waals surface area (Å²) in [6.45, 7) is 0. The maximum atomic E-state index is 5.57. The van der Waals surface area contributed by atoms with Crippen molar-refractivity contribution in [3.05, 3.63) is 23.5 Å². The summed E-state index contributed by atoms with van der Waals surface area (Å²) in [4.78, 5) is 3.90. The lowest BCUT2D eigenvalue weighted by Gasteiger charge is -2.07. The number of benzene rings is 1. The Labute approximate surface area is 96.9 Å². The molecule has 16 heavy (non-hydrogen) atoms. The third-order valence-corrected chi connectivity index (χ3v) is 2.19. The van der Waals surface area contributed by atoms with Gasteiger partial charge in [-0.3, -0.25) is 0 Å². The van der Waals surface area contributed by atoms with E-state index in [4.69, 9.17) is 25.6 Å². The average Bonchev–Trinajstić information content (AvgIpc) is 2.75. The van der Waals surface area contributed by atoms with E-state index in [2.05, 4.69) is 10.1 Å². The first kappa shape index (κ1) is 10.8. The Morgan fingerprint density at radius 2 is 1.94 bits per heavy atom. The van der Waals surface area contributed by atoms with Crippen molar-refractivity contribution in [2.45, 2.75) is 0 Å². The van der Waals surface area contributed by atoms with Crippen molar-refractivity contribution in [3.8, 4) is 23.0 Å². The molecule has 1 aromatic carbocycles. The highest BCUT2D eigenvalue weighted by molar-refractivity contribution is 6.28. The van der Waals surface area contributed by atoms with E-state index in [1.807, 2.05) is 0 Å². The molecule has 1 aromatic heterocycles. The second-order valence-corrected chi connectivity index (χ2v) is 3.28. The van der Waals surface area contributed by atoms with Crippen LogP contribution in [0.4, 0.5) is 0 Å². The highest BCUT2D eigenvalue weighted by Gasteiger charge is 2.11. The summed E-state index contributed by atoms with van der Waals surface area (Å²) in [5.41, 5.74) is 0.719. The largest absolute Gasteiger partial charge is 0.493 e. The van der Waals surface area contributed by atoms with Crippen LogP contribution in [0.25, 0.3) is 11.5 Å². The van der Waals surface area contributed by atoms with Crippen LogP contribution in [-0.2, 0) is 0 Å². The molecule has 0 fully saturated rings. The van der Waals surface area contributed by atoms with Gasteiger partial charge in [0, 0.05) is 5.56 Å². The zero-order valence-electron chi connectivity index (χ0n) is 8.73. The predicted molar refractivity (Wildman–Crippen MR) is 57.8 cm³/mol. The van der Waals surface area contributed by atoms with E-state index >= 15 is 0 Å². The molecule has 0 saturated heterocycles. The fraction of sp³-hybridized carbons (Fsp3) is 0.200. The number of hydrogen-bond donors (Lipinski definition) is 0. The molecule has 0 aliphatic carbocycles. The summed E-state index contributed by atoms with van der Waals surface area (Å²) < 4.78 is 15.2. The second kappa shape index (κ2) is 4.40. The molecular formula is C10H9ClN2O3. The van der Waals surface area contributed by atoms with Crippen molar-refractivity contribution < 1.29 is 14.0 Å². The Balaban J connectivity index is 2.43. The lowest BCUT2D eigenvalue weighted by Crippen LogP contribution is -1.90. The highest BCUT2D eigenvalue weighted by atomic mass is 35.5. The van der Waals surface area contributed by atoms with E-state index < -0.39 is 0 Å². The van der Waals surface area contributed by atoms with Crippen LogP contribution < -0.4 is 9.47 Å². The molecule has 0 radical (unpaired) electrons. The van der Waals surface area contributed by atoms with Crippen molar-refractivity contribution in [1.82, 2.24) is 10.1 Å². The minimum atomic E-state index is 0.0739. The number of hydrogen-bond acceptors (Lipinski definition) is 5. The van der Waals surface area contributed by atoms with Gasteiger partial charge in [0.05, 0.1) is 14.2 Å². The molecule has 0 bridgehead atoms. The summed E-state index contributed by atoms with van der Waals surface area (Å²) in [6, 6.07) is 5.28. The molecule has 0 unspecified atom stereocenters. The van der Waals surface area contributed by atoms with Crippen LogP contribution in [0.1, 0.15) is 0 Å². The van der Waals surface area contributed by atoms with Gasteiger partial charge in [0.1, 0.15) is 0 Å². The Morgan fingerprint density at radius 3 is 2.50 bits per heavy atom. The standard InChI is InChI=1S/C10H9ClN2O3/c1-14-7-4-3-6(5-8(7)15-2)9-12-10(11)13-16-9/h3-5H,1-2H3. The molecule has 0 atom stereocenters. The van der Waals surface area contributed by atoms with Crippen LogP contribution >= 0.6 is 11.6 Å². The van der Waals surface area contributed by atoms with Gasteiger partial charge < -0.3 is 14.0 Å². The van der Waals surface area contributed by atoms with Gasteiger partial charge in [0.25, 0.3) is 11.2 Å². The van der Waals surface area contributed by atoms with Crippen molar-refractivity contribution in [3.63, 3.8) is 0 Å². The first-order chi connectivity index (χ1) is 7.74. The van der Waals surface area contributed by atoms with Crippen molar-refractivity contribution in [2.75, 3.05) is 14.2 Å². The summed E-state index contributed by atoms with van der Waals surface area (Å²) in [5, 5.41) is 3.57. The van der Waals surface area contributed by atoms with E-state index in [0.29, 0.717) is 17.4 Å². The quantitative estimate of drug-likeness (QED) is 0.825. The zero-order chi connectivity index (χ0) is 11.5. The maximum absolute atomic E-state index is 5.57. The number of halogens is 1. The number of aromatic nitrogens is 2. The molecule has 0 aliphatic heterocycles. The monoisotopic (exact) mass is 240 g/mol. The number of rotatable bonds is 3. The maximum Gasteiger partial charge on any atom is 0.264 e. The average molecular weight is 241 g/mol. The lowest BCUT2D eigenvalue weighted by molar-refractivity contribution is 0.355. The van der Waals surface area contributed by atoms with Gasteiger partial charge in [-0.25, -0.2) is 0 Å². The van der Waals surface area contributed by atoms with Crippen LogP contribution in [0, 0.1) is 0 Å². The normalized spacial score (nSPS) is 10.2. The summed E-state index contributed by atoms with van der Waals surface area (Å²) in [7, 11) is 3.13. The number of nitrogens with zero attached hydrogens (tertiary/aromatic N) is 2. The fourth-order valence-corrected chi connectivity index (χ4v) is 1.40. The van der Waals surface area contributed by atoms with Crippen LogP contribution in [-0.4, -0.2) is 24.4 Å². The molecule has 5 nitrogen and oxygen atoms in total. The zero-order valence-corrected chi connectivity index (χ0v) is 9.49. The van der Waals surface area contributed by atoms with Crippen LogP contribution in [0.5, 0.6) is 11.5 Å². The number of methoxy groups -OCH3 is 2. The summed E-state index contributed by atoms with van der Waals surface area (Å²) in [6.07, 6.45) is 0. The van der Waals surface area contributed by atoms with Gasteiger partial charge in [-0.2, -0.15) is 4.98 Å². The SMILES string of the molecule is COc1ccc(-c2nc(Cl)no2)cc1OC. The van der Waals surface area contributed by atoms with Crippen LogP contribution in [0.2, 0.25) is 5.28 Å².